The van der Waals surface area contributed by atoms with Crippen molar-refractivity contribution >= 4 is 53.2 Å². The first kappa shape index (κ1) is 17.7. The Bertz CT molecular complexity index is 730. The molecule has 0 unspecified atom stereocenters. The molecule has 0 aliphatic carbocycles. The number of nitrogens with zero attached hydrogens (tertiary/aromatic N) is 3. The lowest BCUT2D eigenvalue weighted by Gasteiger charge is -2.11. The van der Waals surface area contributed by atoms with Gasteiger partial charge in [0.15, 0.2) is 11.7 Å². The van der Waals surface area contributed by atoms with Gasteiger partial charge in [-0.2, -0.15) is 0 Å². The number of rotatable bonds is 2. The molecule has 23 heavy (non-hydrogen) atoms. The first-order valence-electron chi connectivity index (χ1n) is 6.71. The van der Waals surface area contributed by atoms with Gasteiger partial charge in [0.25, 0.3) is 0 Å². The second-order valence-electron chi connectivity index (χ2n) is 4.58. The Morgan fingerprint density at radius 3 is 1.96 bits per heavy atom. The summed E-state index contributed by atoms with van der Waals surface area (Å²) in [5, 5.41) is 0. The zero-order chi connectivity index (χ0) is 16.9. The predicted octanol–water partition coefficient (Wildman–Crippen LogP) is 5.20. The van der Waals surface area contributed by atoms with Crippen LogP contribution in [-0.4, -0.2) is 29.2 Å². The Morgan fingerprint density at radius 2 is 1.48 bits per heavy atom. The van der Waals surface area contributed by atoms with Gasteiger partial charge < -0.3 is 0 Å². The highest BCUT2D eigenvalue weighted by Gasteiger charge is 2.28. The number of amidine groups is 2. The van der Waals surface area contributed by atoms with Crippen LogP contribution in [0.2, 0.25) is 0 Å². The van der Waals surface area contributed by atoms with Crippen LogP contribution in [0.25, 0.3) is 11.1 Å². The van der Waals surface area contributed by atoms with Crippen molar-refractivity contribution in [2.24, 2.45) is 15.0 Å². The molecule has 0 saturated heterocycles. The van der Waals surface area contributed by atoms with Crippen molar-refractivity contribution in [1.82, 2.24) is 0 Å². The van der Waals surface area contributed by atoms with Crippen LogP contribution >= 0.6 is 34.8 Å². The summed E-state index contributed by atoms with van der Waals surface area (Å²) in [6.45, 7) is 3.52. The molecule has 0 bridgehead atoms. The molecule has 0 fully saturated rings. The van der Waals surface area contributed by atoms with Crippen LogP contribution in [0.4, 0.5) is 0 Å². The average Bonchev–Trinajstić information content (AvgIpc) is 2.56. The summed E-state index contributed by atoms with van der Waals surface area (Å²) in [7, 11) is 1.50. The summed E-state index contributed by atoms with van der Waals surface area (Å²) >= 11 is 17.5. The number of benzene rings is 2. The Hall–Kier alpha value is -1.68. The van der Waals surface area contributed by atoms with Crippen LogP contribution in [0.5, 0.6) is 0 Å². The molecule has 0 spiro atoms. The highest BCUT2D eigenvalue weighted by Crippen LogP contribution is 2.29. The van der Waals surface area contributed by atoms with E-state index in [-0.39, 0.29) is 5.84 Å². The van der Waals surface area contributed by atoms with Crippen molar-refractivity contribution in [2.45, 2.75) is 3.79 Å². The topological polar surface area (TPSA) is 37.1 Å². The maximum absolute atomic E-state index is 5.82. The largest absolute Gasteiger partial charge is 0.270 e. The van der Waals surface area contributed by atoms with Crippen LogP contribution < -0.4 is 0 Å². The van der Waals surface area contributed by atoms with E-state index in [0.717, 1.165) is 16.7 Å². The van der Waals surface area contributed by atoms with E-state index < -0.39 is 3.79 Å². The number of alkyl halides is 3. The van der Waals surface area contributed by atoms with Gasteiger partial charge in [-0.05, 0) is 17.8 Å². The molecule has 0 saturated carbocycles. The van der Waals surface area contributed by atoms with Crippen molar-refractivity contribution < 1.29 is 0 Å². The third kappa shape index (κ3) is 4.64. The number of hydrogen-bond donors (Lipinski definition) is 0. The SMILES string of the molecule is C=NC(=NC(=NC)C(Cl)(Cl)Cl)c1ccc(-c2ccccc2)cc1. The maximum atomic E-state index is 5.82. The van der Waals surface area contributed by atoms with Gasteiger partial charge >= 0.3 is 0 Å². The Morgan fingerprint density at radius 1 is 0.913 bits per heavy atom. The summed E-state index contributed by atoms with van der Waals surface area (Å²) in [6.07, 6.45) is 0. The number of aliphatic imine (C=N–C) groups is 3. The second kappa shape index (κ2) is 7.73. The molecule has 0 aromatic heterocycles. The average molecular weight is 367 g/mol. The summed E-state index contributed by atoms with van der Waals surface area (Å²) in [5.41, 5.74) is 2.97. The van der Waals surface area contributed by atoms with E-state index in [0.29, 0.717) is 5.84 Å². The third-order valence-electron chi connectivity index (χ3n) is 3.08. The molecule has 0 N–H and O–H groups in total. The Balaban J connectivity index is 2.35. The van der Waals surface area contributed by atoms with Crippen molar-refractivity contribution in [2.75, 3.05) is 7.05 Å². The zero-order valence-electron chi connectivity index (χ0n) is 12.4. The van der Waals surface area contributed by atoms with Crippen molar-refractivity contribution in [3.05, 3.63) is 60.2 Å². The van der Waals surface area contributed by atoms with E-state index >= 15 is 0 Å². The molecule has 0 aliphatic heterocycles. The molecule has 0 radical (unpaired) electrons. The van der Waals surface area contributed by atoms with Crippen molar-refractivity contribution in [1.29, 1.82) is 0 Å². The fraction of sp³-hybridized carbons (Fsp3) is 0.118. The minimum absolute atomic E-state index is 0.0528. The Kier molecular flexibility index (Phi) is 5.94. The lowest BCUT2D eigenvalue weighted by Crippen LogP contribution is -2.18. The number of halogens is 3. The van der Waals surface area contributed by atoms with Gasteiger partial charge in [-0.15, -0.1) is 0 Å². The summed E-state index contributed by atoms with van der Waals surface area (Å²) < 4.78 is -1.71. The smallest absolute Gasteiger partial charge is 0.249 e. The summed E-state index contributed by atoms with van der Waals surface area (Å²) in [6, 6.07) is 17.8. The molecule has 0 heterocycles. The molecule has 0 amide bonds. The van der Waals surface area contributed by atoms with E-state index in [1.165, 1.54) is 7.05 Å². The van der Waals surface area contributed by atoms with Gasteiger partial charge in [0.1, 0.15) is 0 Å². The normalized spacial score (nSPS) is 13.0. The molecule has 2 aromatic carbocycles. The fourth-order valence-electron chi connectivity index (χ4n) is 1.97. The Labute approximate surface area is 150 Å². The quantitative estimate of drug-likeness (QED) is 0.398. The van der Waals surface area contributed by atoms with E-state index in [9.17, 15) is 0 Å². The molecule has 0 atom stereocenters. The molecule has 2 aromatic rings. The first-order valence-corrected chi connectivity index (χ1v) is 7.84. The van der Waals surface area contributed by atoms with Crippen molar-refractivity contribution in [3.8, 4) is 11.1 Å². The molecule has 118 valence electrons. The molecule has 2 rings (SSSR count). The van der Waals surface area contributed by atoms with E-state index in [4.69, 9.17) is 34.8 Å². The minimum atomic E-state index is -1.71. The lowest BCUT2D eigenvalue weighted by molar-refractivity contribution is 1.32. The van der Waals surface area contributed by atoms with Crippen LogP contribution in [-0.2, 0) is 0 Å². The predicted molar refractivity (Wildman–Crippen MR) is 102 cm³/mol. The van der Waals surface area contributed by atoms with Gasteiger partial charge in [0, 0.05) is 12.6 Å². The molecule has 0 aliphatic rings. The standard InChI is InChI=1S/C17H14Cl3N3/c1-21-15(23-16(22-2)17(18,19)20)14-10-8-13(9-11-14)12-6-4-3-5-7-12/h3-11H,1H2,2H3. The maximum Gasteiger partial charge on any atom is 0.249 e. The molecule has 3 nitrogen and oxygen atoms in total. The van der Waals surface area contributed by atoms with E-state index in [1.807, 2.05) is 54.6 Å². The lowest BCUT2D eigenvalue weighted by atomic mass is 10.0. The second-order valence-corrected chi connectivity index (χ2v) is 6.86. The van der Waals surface area contributed by atoms with Crippen LogP contribution in [0.1, 0.15) is 5.56 Å². The van der Waals surface area contributed by atoms with Crippen molar-refractivity contribution in [3.63, 3.8) is 0 Å². The highest BCUT2D eigenvalue weighted by atomic mass is 35.6. The monoisotopic (exact) mass is 365 g/mol. The minimum Gasteiger partial charge on any atom is -0.270 e. The van der Waals surface area contributed by atoms with E-state index in [2.05, 4.69) is 21.7 Å². The summed E-state index contributed by atoms with van der Waals surface area (Å²) in [5.74, 6) is 0.397. The van der Waals surface area contributed by atoms with Gasteiger partial charge in [0.05, 0.1) is 0 Å². The van der Waals surface area contributed by atoms with Gasteiger partial charge in [-0.3, -0.25) is 4.99 Å². The van der Waals surface area contributed by atoms with E-state index in [1.54, 1.807) is 0 Å². The molecular weight excluding hydrogens is 353 g/mol. The fourth-order valence-corrected chi connectivity index (χ4v) is 2.35. The van der Waals surface area contributed by atoms with Crippen LogP contribution in [0.3, 0.4) is 0 Å². The highest BCUT2D eigenvalue weighted by molar-refractivity contribution is 6.76. The molecular formula is C17H14Cl3N3. The molecule has 6 heteroatoms. The van der Waals surface area contributed by atoms with Gasteiger partial charge in [-0.25, -0.2) is 9.98 Å². The summed E-state index contributed by atoms with van der Waals surface area (Å²) in [4.78, 5) is 12.0. The zero-order valence-corrected chi connectivity index (χ0v) is 14.6. The van der Waals surface area contributed by atoms with Gasteiger partial charge in [-0.1, -0.05) is 89.4 Å². The van der Waals surface area contributed by atoms with Gasteiger partial charge in [0.2, 0.25) is 3.79 Å². The first-order chi connectivity index (χ1) is 11.0. The number of hydrogen-bond acceptors (Lipinski definition) is 1. The van der Waals surface area contributed by atoms with Crippen LogP contribution in [0, 0.1) is 0 Å². The van der Waals surface area contributed by atoms with Crippen LogP contribution in [0.15, 0.2) is 69.6 Å². The third-order valence-corrected chi connectivity index (χ3v) is 3.58.